The van der Waals surface area contributed by atoms with Gasteiger partial charge in [0.2, 0.25) is 0 Å². The molecule has 0 bridgehead atoms. The summed E-state index contributed by atoms with van der Waals surface area (Å²) in [6.45, 7) is 2.70. The van der Waals surface area contributed by atoms with E-state index in [2.05, 4.69) is 10.3 Å². The average molecular weight is 264 g/mol. The highest BCUT2D eigenvalue weighted by Crippen LogP contribution is 2.28. The maximum absolute atomic E-state index is 5.27. The summed E-state index contributed by atoms with van der Waals surface area (Å²) in [6, 6.07) is 5.88. The minimum Gasteiger partial charge on any atom is -0.493 e. The fourth-order valence-corrected chi connectivity index (χ4v) is 2.29. The first kappa shape index (κ1) is 12.7. The molecule has 0 amide bonds. The molecule has 5 heteroatoms. The van der Waals surface area contributed by atoms with Crippen molar-refractivity contribution >= 4 is 16.5 Å². The molecule has 18 heavy (non-hydrogen) atoms. The van der Waals surface area contributed by atoms with E-state index in [-0.39, 0.29) is 0 Å². The van der Waals surface area contributed by atoms with Gasteiger partial charge in [-0.2, -0.15) is 0 Å². The molecule has 1 heterocycles. The van der Waals surface area contributed by atoms with E-state index in [1.54, 1.807) is 25.6 Å². The zero-order valence-electron chi connectivity index (χ0n) is 10.7. The van der Waals surface area contributed by atoms with Crippen LogP contribution in [0.25, 0.3) is 0 Å². The van der Waals surface area contributed by atoms with Crippen LogP contribution < -0.4 is 14.8 Å². The van der Waals surface area contributed by atoms with Crippen LogP contribution >= 0.6 is 11.3 Å². The fourth-order valence-electron chi connectivity index (χ4n) is 1.60. The van der Waals surface area contributed by atoms with Crippen molar-refractivity contribution in [3.05, 3.63) is 34.8 Å². The summed E-state index contributed by atoms with van der Waals surface area (Å²) >= 11 is 1.61. The van der Waals surface area contributed by atoms with E-state index in [1.807, 2.05) is 30.5 Å². The maximum Gasteiger partial charge on any atom is 0.183 e. The number of hydrogen-bond acceptors (Lipinski definition) is 5. The largest absolute Gasteiger partial charge is 0.493 e. The standard InChI is InChI=1S/C13H16N2O2S/c1-9-8-18-13(15-9)14-7-10-4-5-11(16-2)12(6-10)17-3/h4-6,8H,7H2,1-3H3,(H,14,15). The number of hydrogen-bond donors (Lipinski definition) is 1. The summed E-state index contributed by atoms with van der Waals surface area (Å²) in [5.74, 6) is 1.48. The van der Waals surface area contributed by atoms with Gasteiger partial charge in [-0.3, -0.25) is 0 Å². The van der Waals surface area contributed by atoms with E-state index in [9.17, 15) is 0 Å². The molecule has 2 aromatic rings. The van der Waals surface area contributed by atoms with Gasteiger partial charge in [0.25, 0.3) is 0 Å². The summed E-state index contributed by atoms with van der Waals surface area (Å²) in [7, 11) is 3.27. The van der Waals surface area contributed by atoms with Gasteiger partial charge in [0.05, 0.1) is 19.9 Å². The van der Waals surface area contributed by atoms with Gasteiger partial charge >= 0.3 is 0 Å². The Labute approximate surface area is 111 Å². The molecule has 1 aromatic carbocycles. The van der Waals surface area contributed by atoms with Gasteiger partial charge in [-0.15, -0.1) is 11.3 Å². The number of aryl methyl sites for hydroxylation is 1. The number of thiazole rings is 1. The predicted octanol–water partition coefficient (Wildman–Crippen LogP) is 3.08. The zero-order valence-corrected chi connectivity index (χ0v) is 11.5. The highest BCUT2D eigenvalue weighted by Gasteiger charge is 2.05. The average Bonchev–Trinajstić information content (AvgIpc) is 2.81. The van der Waals surface area contributed by atoms with Gasteiger partial charge in [-0.1, -0.05) is 6.07 Å². The smallest absolute Gasteiger partial charge is 0.183 e. The van der Waals surface area contributed by atoms with Crippen molar-refractivity contribution in [2.45, 2.75) is 13.5 Å². The molecule has 0 aliphatic rings. The lowest BCUT2D eigenvalue weighted by Crippen LogP contribution is -2.00. The van der Waals surface area contributed by atoms with Gasteiger partial charge < -0.3 is 14.8 Å². The Morgan fingerprint density at radius 3 is 2.61 bits per heavy atom. The molecule has 4 nitrogen and oxygen atoms in total. The molecule has 0 atom stereocenters. The Morgan fingerprint density at radius 1 is 1.22 bits per heavy atom. The number of rotatable bonds is 5. The molecule has 0 radical (unpaired) electrons. The van der Waals surface area contributed by atoms with Crippen molar-refractivity contribution < 1.29 is 9.47 Å². The van der Waals surface area contributed by atoms with Crippen molar-refractivity contribution in [2.24, 2.45) is 0 Å². The molecule has 0 saturated carbocycles. The maximum atomic E-state index is 5.27. The van der Waals surface area contributed by atoms with E-state index in [1.165, 1.54) is 0 Å². The van der Waals surface area contributed by atoms with Crippen LogP contribution in [0.1, 0.15) is 11.3 Å². The molecular weight excluding hydrogens is 248 g/mol. The van der Waals surface area contributed by atoms with Crippen molar-refractivity contribution in [1.29, 1.82) is 0 Å². The lowest BCUT2D eigenvalue weighted by molar-refractivity contribution is 0.354. The lowest BCUT2D eigenvalue weighted by Gasteiger charge is -2.09. The van der Waals surface area contributed by atoms with Crippen molar-refractivity contribution in [3.63, 3.8) is 0 Å². The third-order valence-corrected chi connectivity index (χ3v) is 3.43. The van der Waals surface area contributed by atoms with Crippen LogP contribution in [0.4, 0.5) is 5.13 Å². The second-order valence-corrected chi connectivity index (χ2v) is 4.70. The predicted molar refractivity (Wildman–Crippen MR) is 73.7 cm³/mol. The van der Waals surface area contributed by atoms with Crippen LogP contribution in [0.5, 0.6) is 11.5 Å². The van der Waals surface area contributed by atoms with Crippen molar-refractivity contribution in [2.75, 3.05) is 19.5 Å². The molecule has 0 unspecified atom stereocenters. The SMILES string of the molecule is COc1ccc(CNc2nc(C)cs2)cc1OC. The molecule has 2 rings (SSSR count). The van der Waals surface area contributed by atoms with E-state index < -0.39 is 0 Å². The van der Waals surface area contributed by atoms with Crippen molar-refractivity contribution in [3.8, 4) is 11.5 Å². The zero-order chi connectivity index (χ0) is 13.0. The first-order valence-electron chi connectivity index (χ1n) is 5.60. The minimum absolute atomic E-state index is 0.716. The number of benzene rings is 1. The van der Waals surface area contributed by atoms with E-state index in [0.29, 0.717) is 6.54 Å². The molecule has 0 aliphatic heterocycles. The molecule has 0 saturated heterocycles. The molecule has 0 spiro atoms. The molecule has 0 fully saturated rings. The normalized spacial score (nSPS) is 10.2. The van der Waals surface area contributed by atoms with Crippen LogP contribution in [0, 0.1) is 6.92 Å². The lowest BCUT2D eigenvalue weighted by atomic mass is 10.2. The molecule has 96 valence electrons. The molecule has 0 aliphatic carbocycles. The monoisotopic (exact) mass is 264 g/mol. The summed E-state index contributed by atoms with van der Waals surface area (Å²) in [6.07, 6.45) is 0. The van der Waals surface area contributed by atoms with E-state index in [0.717, 1.165) is 27.9 Å². The molecule has 1 N–H and O–H groups in total. The van der Waals surface area contributed by atoms with Gasteiger partial charge in [0, 0.05) is 11.9 Å². The van der Waals surface area contributed by atoms with E-state index in [4.69, 9.17) is 9.47 Å². The second-order valence-electron chi connectivity index (χ2n) is 3.84. The number of anilines is 1. The fraction of sp³-hybridized carbons (Fsp3) is 0.308. The number of aromatic nitrogens is 1. The summed E-state index contributed by atoms with van der Waals surface area (Å²) in [5.41, 5.74) is 2.16. The summed E-state index contributed by atoms with van der Waals surface area (Å²) in [4.78, 5) is 4.35. The number of methoxy groups -OCH3 is 2. The number of nitrogens with one attached hydrogen (secondary N) is 1. The van der Waals surface area contributed by atoms with Crippen LogP contribution in [0.2, 0.25) is 0 Å². The van der Waals surface area contributed by atoms with Gasteiger partial charge in [0.15, 0.2) is 16.6 Å². The topological polar surface area (TPSA) is 43.4 Å². The summed E-state index contributed by atoms with van der Waals surface area (Å²) in [5, 5.41) is 6.24. The van der Waals surface area contributed by atoms with Crippen LogP contribution in [0.3, 0.4) is 0 Å². The van der Waals surface area contributed by atoms with E-state index >= 15 is 0 Å². The quantitative estimate of drug-likeness (QED) is 0.901. The first-order valence-corrected chi connectivity index (χ1v) is 6.48. The number of nitrogens with zero attached hydrogens (tertiary/aromatic N) is 1. The molecule has 1 aromatic heterocycles. The Morgan fingerprint density at radius 2 is 2.00 bits per heavy atom. The molecular formula is C13H16N2O2S. The second kappa shape index (κ2) is 5.73. The number of ether oxygens (including phenoxy) is 2. The highest BCUT2D eigenvalue weighted by molar-refractivity contribution is 7.13. The highest BCUT2D eigenvalue weighted by atomic mass is 32.1. The summed E-state index contributed by atoms with van der Waals surface area (Å²) < 4.78 is 10.5. The van der Waals surface area contributed by atoms with Crippen LogP contribution in [0.15, 0.2) is 23.6 Å². The Bertz CT molecular complexity index is 525. The third kappa shape index (κ3) is 2.92. The van der Waals surface area contributed by atoms with Crippen LogP contribution in [-0.2, 0) is 6.54 Å². The van der Waals surface area contributed by atoms with Gasteiger partial charge in [0.1, 0.15) is 0 Å². The Hall–Kier alpha value is -1.75. The Kier molecular flexibility index (Phi) is 4.04. The third-order valence-electron chi connectivity index (χ3n) is 2.51. The van der Waals surface area contributed by atoms with Crippen LogP contribution in [-0.4, -0.2) is 19.2 Å². The Balaban J connectivity index is 2.05. The minimum atomic E-state index is 0.716. The van der Waals surface area contributed by atoms with Gasteiger partial charge in [-0.25, -0.2) is 4.98 Å². The first-order chi connectivity index (χ1) is 8.72. The van der Waals surface area contributed by atoms with Crippen molar-refractivity contribution in [1.82, 2.24) is 4.98 Å². The van der Waals surface area contributed by atoms with Gasteiger partial charge in [-0.05, 0) is 24.6 Å².